The van der Waals surface area contributed by atoms with E-state index >= 15 is 0 Å². The molecule has 3 rings (SSSR count). The maximum Gasteiger partial charge on any atom is 0.264 e. The minimum absolute atomic E-state index is 0.0286. The zero-order chi connectivity index (χ0) is 29.3. The molecule has 214 valence electrons. The predicted octanol–water partition coefficient (Wildman–Crippen LogP) is 5.27. The molecule has 40 heavy (non-hydrogen) atoms. The van der Waals surface area contributed by atoms with Gasteiger partial charge in [0.2, 0.25) is 11.8 Å². The molecule has 10 heteroatoms. The van der Waals surface area contributed by atoms with Crippen molar-refractivity contribution in [3.8, 4) is 5.75 Å². The summed E-state index contributed by atoms with van der Waals surface area (Å²) < 4.78 is 34.7. The molecule has 0 aromatic heterocycles. The highest BCUT2D eigenvalue weighted by Gasteiger charge is 2.34. The van der Waals surface area contributed by atoms with E-state index in [9.17, 15) is 18.0 Å². The second kappa shape index (κ2) is 14.2. The summed E-state index contributed by atoms with van der Waals surface area (Å²) in [5.74, 6) is -0.555. The summed E-state index contributed by atoms with van der Waals surface area (Å²) >= 11 is 6.05. The lowest BCUT2D eigenvalue weighted by Gasteiger charge is -2.33. The first-order valence-electron chi connectivity index (χ1n) is 13.2. The first kappa shape index (κ1) is 31.0. The lowest BCUT2D eigenvalue weighted by atomic mass is 10.1. The van der Waals surface area contributed by atoms with E-state index in [4.69, 9.17) is 16.3 Å². The summed E-state index contributed by atoms with van der Waals surface area (Å²) in [5.41, 5.74) is 0.970. The maximum absolute atomic E-state index is 14.0. The highest BCUT2D eigenvalue weighted by atomic mass is 35.5. The molecule has 0 saturated carbocycles. The molecule has 0 aliphatic heterocycles. The zero-order valence-electron chi connectivity index (χ0n) is 23.2. The van der Waals surface area contributed by atoms with Gasteiger partial charge in [-0.2, -0.15) is 0 Å². The third kappa shape index (κ3) is 7.76. The van der Waals surface area contributed by atoms with Gasteiger partial charge >= 0.3 is 0 Å². The van der Waals surface area contributed by atoms with E-state index in [1.165, 1.54) is 17.0 Å². The Hall–Kier alpha value is -3.56. The molecule has 0 aliphatic rings. The summed E-state index contributed by atoms with van der Waals surface area (Å²) in [6.45, 7) is 7.11. The van der Waals surface area contributed by atoms with Crippen LogP contribution in [0.25, 0.3) is 0 Å². The van der Waals surface area contributed by atoms with E-state index in [2.05, 4.69) is 5.32 Å². The standard InChI is InChI=1S/C30H36ClN3O5S/c1-5-22(3)32-30(36)23(4)33(20-24-16-18-25(31)19-17-24)29(35)21-34(27-14-10-11-15-28(27)39-6-2)40(37,38)26-12-8-7-9-13-26/h7-19,22-23H,5-6,20-21H2,1-4H3,(H,32,36)/t22-,23-/m1/s1. The van der Waals surface area contributed by atoms with Crippen molar-refractivity contribution in [3.05, 3.63) is 89.4 Å². The lowest BCUT2D eigenvalue weighted by molar-refractivity contribution is -0.139. The molecule has 3 aromatic rings. The van der Waals surface area contributed by atoms with Crippen molar-refractivity contribution in [2.24, 2.45) is 0 Å². The number of amides is 2. The van der Waals surface area contributed by atoms with Crippen LogP contribution in [0.5, 0.6) is 5.75 Å². The average molecular weight is 586 g/mol. The number of hydrogen-bond donors (Lipinski definition) is 1. The van der Waals surface area contributed by atoms with Crippen molar-refractivity contribution in [1.82, 2.24) is 10.2 Å². The van der Waals surface area contributed by atoms with Crippen molar-refractivity contribution in [1.29, 1.82) is 0 Å². The number of halogens is 1. The molecule has 2 atom stereocenters. The minimum atomic E-state index is -4.18. The highest BCUT2D eigenvalue weighted by Crippen LogP contribution is 2.33. The number of nitrogens with zero attached hydrogens (tertiary/aromatic N) is 2. The SMILES string of the molecule is CCOc1ccccc1N(CC(=O)N(Cc1ccc(Cl)cc1)[C@H](C)C(=O)N[C@H](C)CC)S(=O)(=O)c1ccccc1. The van der Waals surface area contributed by atoms with Crippen molar-refractivity contribution in [2.45, 2.75) is 57.6 Å². The number of sulfonamides is 1. The van der Waals surface area contributed by atoms with Gasteiger partial charge in [0, 0.05) is 17.6 Å². The number of anilines is 1. The molecule has 3 aromatic carbocycles. The molecule has 0 fully saturated rings. The van der Waals surface area contributed by atoms with Crippen LogP contribution in [0, 0.1) is 0 Å². The fourth-order valence-corrected chi connectivity index (χ4v) is 5.58. The van der Waals surface area contributed by atoms with E-state index in [0.29, 0.717) is 17.4 Å². The normalized spacial score (nSPS) is 12.7. The van der Waals surface area contributed by atoms with Gasteiger partial charge in [0.1, 0.15) is 18.3 Å². The first-order valence-corrected chi connectivity index (χ1v) is 15.0. The van der Waals surface area contributed by atoms with E-state index < -0.39 is 28.5 Å². The van der Waals surface area contributed by atoms with Gasteiger partial charge in [-0.15, -0.1) is 0 Å². The maximum atomic E-state index is 14.0. The molecule has 1 N–H and O–H groups in total. The Balaban J connectivity index is 2.06. The van der Waals surface area contributed by atoms with Gasteiger partial charge in [-0.05, 0) is 69.2 Å². The number of benzene rings is 3. The molecule has 8 nitrogen and oxygen atoms in total. The van der Waals surface area contributed by atoms with Crippen LogP contribution in [0.2, 0.25) is 5.02 Å². The second-order valence-electron chi connectivity index (χ2n) is 9.37. The number of nitrogens with one attached hydrogen (secondary N) is 1. The van der Waals surface area contributed by atoms with Crippen molar-refractivity contribution < 1.29 is 22.7 Å². The average Bonchev–Trinajstić information content (AvgIpc) is 2.96. The number of carbonyl (C=O) groups is 2. The monoisotopic (exact) mass is 585 g/mol. The number of para-hydroxylation sites is 2. The van der Waals surface area contributed by atoms with Crippen LogP contribution in [0.1, 0.15) is 39.7 Å². The molecule has 0 spiro atoms. The largest absolute Gasteiger partial charge is 0.492 e. The summed E-state index contributed by atoms with van der Waals surface area (Å²) in [6, 6.07) is 20.6. The number of hydrogen-bond acceptors (Lipinski definition) is 5. The molecule has 0 aliphatic carbocycles. The Morgan fingerprint density at radius 3 is 2.17 bits per heavy atom. The third-order valence-corrected chi connectivity index (χ3v) is 8.50. The van der Waals surface area contributed by atoms with Gasteiger partial charge in [0.25, 0.3) is 10.0 Å². The Kier molecular flexibility index (Phi) is 11.0. The summed E-state index contributed by atoms with van der Waals surface area (Å²) in [5, 5.41) is 3.46. The number of rotatable bonds is 13. The molecular formula is C30H36ClN3O5S. The van der Waals surface area contributed by atoms with E-state index in [-0.39, 0.29) is 29.1 Å². The Morgan fingerprint density at radius 2 is 1.55 bits per heavy atom. The van der Waals surface area contributed by atoms with Crippen LogP contribution in [0.4, 0.5) is 5.69 Å². The molecular weight excluding hydrogens is 550 g/mol. The van der Waals surface area contributed by atoms with E-state index in [1.807, 2.05) is 13.8 Å². The van der Waals surface area contributed by atoms with Crippen LogP contribution < -0.4 is 14.4 Å². The molecule has 0 bridgehead atoms. The van der Waals surface area contributed by atoms with Gasteiger partial charge in [0.05, 0.1) is 17.2 Å². The second-order valence-corrected chi connectivity index (χ2v) is 11.7. The molecule has 0 heterocycles. The Labute approximate surface area is 241 Å². The number of carbonyl (C=O) groups excluding carboxylic acids is 2. The van der Waals surface area contributed by atoms with Crippen LogP contribution in [0.3, 0.4) is 0 Å². The van der Waals surface area contributed by atoms with Crippen LogP contribution in [0.15, 0.2) is 83.8 Å². The lowest BCUT2D eigenvalue weighted by Crippen LogP contribution is -2.52. The van der Waals surface area contributed by atoms with Crippen LogP contribution in [-0.4, -0.2) is 50.4 Å². The molecule has 0 saturated heterocycles. The van der Waals surface area contributed by atoms with Gasteiger partial charge in [0.15, 0.2) is 0 Å². The fraction of sp³-hybridized carbons (Fsp3) is 0.333. The third-order valence-electron chi connectivity index (χ3n) is 6.48. The van der Waals surface area contributed by atoms with Crippen molar-refractivity contribution in [2.75, 3.05) is 17.5 Å². The Morgan fingerprint density at radius 1 is 0.925 bits per heavy atom. The Bertz CT molecular complexity index is 1380. The minimum Gasteiger partial charge on any atom is -0.492 e. The quantitative estimate of drug-likeness (QED) is 0.295. The predicted molar refractivity (Wildman–Crippen MR) is 158 cm³/mol. The van der Waals surface area contributed by atoms with E-state index in [0.717, 1.165) is 16.3 Å². The summed E-state index contributed by atoms with van der Waals surface area (Å²) in [7, 11) is -4.18. The summed E-state index contributed by atoms with van der Waals surface area (Å²) in [4.78, 5) is 28.6. The fourth-order valence-electron chi connectivity index (χ4n) is 4.01. The van der Waals surface area contributed by atoms with Crippen molar-refractivity contribution >= 4 is 39.1 Å². The van der Waals surface area contributed by atoms with Gasteiger partial charge in [-0.25, -0.2) is 8.42 Å². The molecule has 2 amide bonds. The first-order chi connectivity index (χ1) is 19.1. The van der Waals surface area contributed by atoms with Crippen LogP contribution in [-0.2, 0) is 26.2 Å². The van der Waals surface area contributed by atoms with E-state index in [1.54, 1.807) is 80.6 Å². The van der Waals surface area contributed by atoms with Crippen LogP contribution >= 0.6 is 11.6 Å². The van der Waals surface area contributed by atoms with Gasteiger partial charge in [-0.1, -0.05) is 61.0 Å². The zero-order valence-corrected chi connectivity index (χ0v) is 24.8. The molecule has 0 unspecified atom stereocenters. The van der Waals surface area contributed by atoms with Gasteiger partial charge in [-0.3, -0.25) is 13.9 Å². The highest BCUT2D eigenvalue weighted by molar-refractivity contribution is 7.92. The smallest absolute Gasteiger partial charge is 0.264 e. The van der Waals surface area contributed by atoms with Gasteiger partial charge < -0.3 is 15.0 Å². The molecule has 0 radical (unpaired) electrons. The van der Waals surface area contributed by atoms with Crippen molar-refractivity contribution in [3.63, 3.8) is 0 Å². The summed E-state index contributed by atoms with van der Waals surface area (Å²) in [6.07, 6.45) is 0.723. The number of ether oxygens (including phenoxy) is 1. The topological polar surface area (TPSA) is 96.0 Å².